The maximum absolute atomic E-state index is 4.17. The first-order valence-corrected chi connectivity index (χ1v) is 1.84. The van der Waals surface area contributed by atoms with Crippen LogP contribution in [0.5, 0.6) is 0 Å². The Balaban J connectivity index is -0.00000000450. The van der Waals surface area contributed by atoms with E-state index in [9.17, 15) is 0 Å². The van der Waals surface area contributed by atoms with Gasteiger partial charge in [0, 0.05) is 0 Å². The van der Waals surface area contributed by atoms with E-state index in [0.717, 1.165) is 0 Å². The van der Waals surface area contributed by atoms with Gasteiger partial charge in [0.1, 0.15) is 0 Å². The van der Waals surface area contributed by atoms with Crippen LogP contribution in [0.2, 0.25) is 0 Å². The number of hydrogen-bond acceptors (Lipinski definition) is 3. The van der Waals surface area contributed by atoms with E-state index in [1.807, 2.05) is 0 Å². The number of thiocarbonyl (C=S) groups is 1. The van der Waals surface area contributed by atoms with Crippen molar-refractivity contribution < 1.29 is 75.5 Å². The number of hydrogen-bond donors (Lipinski definition) is 0. The molecule has 0 heterocycles. The van der Waals surface area contributed by atoms with Crippen molar-refractivity contribution >= 4 is 41.0 Å². The van der Waals surface area contributed by atoms with E-state index in [0.29, 0.717) is 0 Å². The van der Waals surface area contributed by atoms with Gasteiger partial charge in [0.2, 0.25) is 0 Å². The van der Waals surface area contributed by atoms with Crippen LogP contribution >= 0.6 is 12.2 Å². The van der Waals surface area contributed by atoms with Crippen molar-refractivity contribution in [3.8, 4) is 0 Å². The average Bonchev–Trinajstić information content (AvgIpc) is 0.811. The van der Waals surface area contributed by atoms with E-state index >= 15 is 0 Å². The second-order valence-electron chi connectivity index (χ2n) is 0.250. The fourth-order valence-electron chi connectivity index (χ4n) is 0. The molecule has 0 saturated heterocycles. The molecule has 48 valence electrons. The molecular weight excluding hydrogens is 202 g/mol. The third kappa shape index (κ3) is 127. The standard InChI is InChI=1S/CH2S3.2Na.3H2O/c2-1(3)4;;;;;/h(H2,2,3,4);;;3*1H2/q;2*+1;;;/p-2. The van der Waals surface area contributed by atoms with Crippen LogP contribution in [-0.2, 0) is 25.3 Å². The molecule has 0 amide bonds. The minimum Gasteiger partial charge on any atom is -0.570 e. The predicted octanol–water partition coefficient (Wildman–Crippen LogP) is -8.10. The second kappa shape index (κ2) is 31.5. The fourth-order valence-corrected chi connectivity index (χ4v) is 0. The minimum atomic E-state index is 0. The first kappa shape index (κ1) is 42.2. The van der Waals surface area contributed by atoms with Crippen LogP contribution in [0.3, 0.4) is 0 Å². The minimum absolute atomic E-state index is 0. The molecule has 0 bridgehead atoms. The molecule has 0 fully saturated rings. The average molecular weight is 208 g/mol. The summed E-state index contributed by atoms with van der Waals surface area (Å²) in [4.78, 5) is 0. The third-order valence-corrected chi connectivity index (χ3v) is 0. The smallest absolute Gasteiger partial charge is 0.570 e. The van der Waals surface area contributed by atoms with Gasteiger partial charge in [-0.1, -0.05) is 0 Å². The summed E-state index contributed by atoms with van der Waals surface area (Å²) >= 11 is 12.5. The van der Waals surface area contributed by atoms with Crippen molar-refractivity contribution in [1.29, 1.82) is 0 Å². The molecule has 0 aliphatic heterocycles. The first-order chi connectivity index (χ1) is 1.73. The van der Waals surface area contributed by atoms with Gasteiger partial charge < -0.3 is 53.9 Å². The Bertz CT molecular complexity index is 40.0. The Morgan fingerprint density at radius 2 is 0.889 bits per heavy atom. The Hall–Kier alpha value is 2.41. The van der Waals surface area contributed by atoms with Crippen LogP contribution in [-0.4, -0.2) is 20.0 Å². The predicted molar refractivity (Wildman–Crippen MR) is 38.2 cm³/mol. The Labute approximate surface area is 115 Å². The molecular formula is CH6Na2O3S3. The van der Waals surface area contributed by atoms with Crippen molar-refractivity contribution in [1.82, 2.24) is 0 Å². The Kier molecular flexibility index (Phi) is 148. The van der Waals surface area contributed by atoms with E-state index in [1.54, 1.807) is 0 Å². The molecule has 0 atom stereocenters. The van der Waals surface area contributed by atoms with Gasteiger partial charge in [-0.25, -0.2) is 0 Å². The molecule has 0 rings (SSSR count). The molecule has 0 aromatic rings. The van der Waals surface area contributed by atoms with E-state index in [4.69, 9.17) is 0 Å². The molecule has 0 unspecified atom stereocenters. The van der Waals surface area contributed by atoms with Crippen LogP contribution in [0.1, 0.15) is 0 Å². The van der Waals surface area contributed by atoms with Crippen molar-refractivity contribution in [2.45, 2.75) is 0 Å². The molecule has 0 radical (unpaired) electrons. The van der Waals surface area contributed by atoms with Crippen LogP contribution in [0, 0.1) is 0 Å². The SMILES string of the molecule is O.O.O.S=C([S-])[S-].[Na+].[Na+]. The summed E-state index contributed by atoms with van der Waals surface area (Å²) in [7, 11) is 0. The molecule has 9 heavy (non-hydrogen) atoms. The van der Waals surface area contributed by atoms with Crippen LogP contribution in [0.25, 0.3) is 0 Å². The quantitative estimate of drug-likeness (QED) is 0.225. The van der Waals surface area contributed by atoms with E-state index in [-0.39, 0.29) is 79.1 Å². The number of rotatable bonds is 0. The zero-order valence-corrected chi connectivity index (χ0v) is 11.7. The molecule has 6 N–H and O–H groups in total. The largest absolute Gasteiger partial charge is 1.00 e. The van der Waals surface area contributed by atoms with E-state index in [1.165, 1.54) is 0 Å². The molecule has 8 heteroatoms. The van der Waals surface area contributed by atoms with Gasteiger partial charge in [0.15, 0.2) is 0 Å². The van der Waals surface area contributed by atoms with Crippen LogP contribution < -0.4 is 59.1 Å². The fraction of sp³-hybridized carbons (Fsp3) is 0. The van der Waals surface area contributed by atoms with Crippen molar-refractivity contribution in [3.63, 3.8) is 0 Å². The molecule has 0 aromatic heterocycles. The normalized spacial score (nSPS) is 2.67. The molecule has 0 saturated carbocycles. The van der Waals surface area contributed by atoms with Crippen molar-refractivity contribution in [2.24, 2.45) is 0 Å². The van der Waals surface area contributed by atoms with Gasteiger partial charge in [-0.05, 0) is 0 Å². The van der Waals surface area contributed by atoms with Crippen molar-refractivity contribution in [2.75, 3.05) is 0 Å². The summed E-state index contributed by atoms with van der Waals surface area (Å²) in [5, 5.41) is 0. The summed E-state index contributed by atoms with van der Waals surface area (Å²) < 4.78 is 0.167. The summed E-state index contributed by atoms with van der Waals surface area (Å²) in [6, 6.07) is 0. The van der Waals surface area contributed by atoms with Gasteiger partial charge in [-0.15, -0.1) is 0 Å². The second-order valence-corrected chi connectivity index (χ2v) is 2.25. The summed E-state index contributed by atoms with van der Waals surface area (Å²) in [6.45, 7) is 0. The zero-order chi connectivity index (χ0) is 3.58. The third-order valence-electron chi connectivity index (χ3n) is 0. The zero-order valence-electron chi connectivity index (χ0n) is 5.22. The maximum atomic E-state index is 4.17. The van der Waals surface area contributed by atoms with Crippen LogP contribution in [0.4, 0.5) is 0 Å². The van der Waals surface area contributed by atoms with Crippen molar-refractivity contribution in [3.05, 3.63) is 0 Å². The molecule has 0 aliphatic rings. The Morgan fingerprint density at radius 1 is 0.889 bits per heavy atom. The van der Waals surface area contributed by atoms with E-state index in [2.05, 4.69) is 37.5 Å². The summed E-state index contributed by atoms with van der Waals surface area (Å²) in [5.41, 5.74) is 0. The molecule has 0 aromatic carbocycles. The summed E-state index contributed by atoms with van der Waals surface area (Å²) in [5.74, 6) is 0. The van der Waals surface area contributed by atoms with Gasteiger partial charge in [-0.3, -0.25) is 3.53 Å². The first-order valence-electron chi connectivity index (χ1n) is 0.612. The van der Waals surface area contributed by atoms with Gasteiger partial charge in [0.05, 0.1) is 0 Å². The van der Waals surface area contributed by atoms with Crippen LogP contribution in [0.15, 0.2) is 0 Å². The molecule has 0 spiro atoms. The Morgan fingerprint density at radius 3 is 0.889 bits per heavy atom. The van der Waals surface area contributed by atoms with Gasteiger partial charge >= 0.3 is 59.1 Å². The maximum Gasteiger partial charge on any atom is 1.00 e. The topological polar surface area (TPSA) is 94.5 Å². The molecule has 0 aliphatic carbocycles. The molecule has 3 nitrogen and oxygen atoms in total. The van der Waals surface area contributed by atoms with Gasteiger partial charge in [-0.2, -0.15) is 0 Å². The van der Waals surface area contributed by atoms with E-state index < -0.39 is 0 Å². The monoisotopic (exact) mass is 208 g/mol. The summed E-state index contributed by atoms with van der Waals surface area (Å²) in [6.07, 6.45) is 0. The van der Waals surface area contributed by atoms with Gasteiger partial charge in [0.25, 0.3) is 0 Å².